The fourth-order valence-corrected chi connectivity index (χ4v) is 3.53. The summed E-state index contributed by atoms with van der Waals surface area (Å²) in [5.41, 5.74) is 2.91. The Morgan fingerprint density at radius 3 is 1.55 bits per heavy atom. The van der Waals surface area contributed by atoms with E-state index in [2.05, 4.69) is 45.7 Å². The van der Waals surface area contributed by atoms with Crippen LogP contribution in [0.25, 0.3) is 21.8 Å². The SMILES string of the molecule is CC(C)(C)c1ccc2c(c1)c1cc(C(C)(C)C)ccc1n2C(=O)OS(=O)(=O)[O-].[Na+]. The predicted molar refractivity (Wildman–Crippen MR) is 108 cm³/mol. The van der Waals surface area contributed by atoms with Crippen molar-refractivity contribution in [3.8, 4) is 0 Å². The van der Waals surface area contributed by atoms with Gasteiger partial charge in [-0.05, 0) is 46.2 Å². The van der Waals surface area contributed by atoms with E-state index in [9.17, 15) is 17.8 Å². The first-order valence-corrected chi connectivity index (χ1v) is 10.3. The number of carbonyl (C=O) groups is 1. The van der Waals surface area contributed by atoms with Gasteiger partial charge >= 0.3 is 35.7 Å². The molecule has 0 aliphatic heterocycles. The quantitative estimate of drug-likeness (QED) is 0.337. The standard InChI is InChI=1S/C21H25NO5S.Na/c1-20(2,3)13-7-9-17-15(11-13)16-12-14(21(4,5)6)8-10-18(16)22(17)19(23)27-28(24,25)26;/h7-12H,1-6H3,(H,24,25,26);/q;+1/p-1. The van der Waals surface area contributed by atoms with Crippen molar-refractivity contribution in [2.75, 3.05) is 0 Å². The molecule has 1 heterocycles. The summed E-state index contributed by atoms with van der Waals surface area (Å²) in [7, 11) is -5.17. The average molecular weight is 425 g/mol. The molecule has 0 saturated carbocycles. The maximum atomic E-state index is 12.5. The summed E-state index contributed by atoms with van der Waals surface area (Å²) in [5.74, 6) is 0. The molecule has 0 atom stereocenters. The van der Waals surface area contributed by atoms with Gasteiger partial charge in [0.1, 0.15) is 0 Å². The Morgan fingerprint density at radius 2 is 1.24 bits per heavy atom. The average Bonchev–Trinajstić information content (AvgIpc) is 2.84. The summed E-state index contributed by atoms with van der Waals surface area (Å²) in [6, 6.07) is 11.3. The molecule has 3 rings (SSSR count). The van der Waals surface area contributed by atoms with Crippen LogP contribution in [0.15, 0.2) is 36.4 Å². The molecule has 0 bridgehead atoms. The van der Waals surface area contributed by atoms with Crippen LogP contribution < -0.4 is 29.6 Å². The number of rotatable bonds is 1. The van der Waals surface area contributed by atoms with E-state index in [1.165, 1.54) is 0 Å². The molecule has 3 aromatic rings. The van der Waals surface area contributed by atoms with E-state index in [0.717, 1.165) is 26.5 Å². The molecule has 8 heteroatoms. The van der Waals surface area contributed by atoms with Gasteiger partial charge in [-0.1, -0.05) is 53.7 Å². The molecule has 2 aromatic carbocycles. The van der Waals surface area contributed by atoms with E-state index in [1.807, 2.05) is 24.3 Å². The van der Waals surface area contributed by atoms with E-state index >= 15 is 0 Å². The molecule has 0 radical (unpaired) electrons. The summed E-state index contributed by atoms with van der Waals surface area (Å²) in [6.07, 6.45) is -1.23. The fraction of sp³-hybridized carbons (Fsp3) is 0.381. The maximum Gasteiger partial charge on any atom is 1.00 e. The largest absolute Gasteiger partial charge is 1.00 e. The molecule has 0 aliphatic rings. The Labute approximate surface area is 193 Å². The molecule has 0 aliphatic carbocycles. The second-order valence-corrected chi connectivity index (χ2v) is 10.0. The molecule has 0 fully saturated rings. The number of hydrogen-bond acceptors (Lipinski definition) is 5. The molecular weight excluding hydrogens is 401 g/mol. The van der Waals surface area contributed by atoms with Gasteiger partial charge in [0.15, 0.2) is 0 Å². The van der Waals surface area contributed by atoms with Crippen LogP contribution in [0, 0.1) is 0 Å². The van der Waals surface area contributed by atoms with Crippen molar-refractivity contribution in [3.63, 3.8) is 0 Å². The normalized spacial score (nSPS) is 12.8. The minimum Gasteiger partial charge on any atom is -0.716 e. The smallest absolute Gasteiger partial charge is 0.716 e. The van der Waals surface area contributed by atoms with Crippen LogP contribution in [0.2, 0.25) is 0 Å². The first kappa shape index (κ1) is 23.9. The number of aromatic nitrogens is 1. The zero-order valence-corrected chi connectivity index (χ0v) is 20.7. The fourth-order valence-electron chi connectivity index (χ4n) is 3.28. The Kier molecular flexibility index (Phi) is 6.35. The monoisotopic (exact) mass is 425 g/mol. The van der Waals surface area contributed by atoms with Gasteiger partial charge in [-0.25, -0.2) is 17.8 Å². The zero-order valence-electron chi connectivity index (χ0n) is 17.9. The summed E-state index contributed by atoms with van der Waals surface area (Å²) in [5, 5.41) is 1.60. The number of nitrogens with zero attached hydrogens (tertiary/aromatic N) is 1. The molecule has 150 valence electrons. The van der Waals surface area contributed by atoms with Gasteiger partial charge in [-0.2, -0.15) is 0 Å². The number of fused-ring (bicyclic) bond motifs is 3. The Morgan fingerprint density at radius 1 is 0.862 bits per heavy atom. The van der Waals surface area contributed by atoms with Gasteiger partial charge in [-0.15, -0.1) is 0 Å². The van der Waals surface area contributed by atoms with E-state index < -0.39 is 16.5 Å². The van der Waals surface area contributed by atoms with E-state index in [-0.39, 0.29) is 40.4 Å². The Balaban J connectivity index is 0.00000300. The third kappa shape index (κ3) is 4.86. The molecule has 0 unspecified atom stereocenters. The van der Waals surface area contributed by atoms with Crippen LogP contribution in [-0.4, -0.2) is 23.6 Å². The van der Waals surface area contributed by atoms with Gasteiger partial charge < -0.3 is 8.74 Å². The van der Waals surface area contributed by atoms with Gasteiger partial charge in [0.25, 0.3) is 10.4 Å². The molecule has 0 amide bonds. The van der Waals surface area contributed by atoms with E-state index in [0.29, 0.717) is 11.0 Å². The van der Waals surface area contributed by atoms with E-state index in [1.54, 1.807) is 12.1 Å². The van der Waals surface area contributed by atoms with Crippen molar-refractivity contribution in [2.45, 2.75) is 52.4 Å². The molecule has 0 spiro atoms. The first-order chi connectivity index (χ1) is 12.7. The first-order valence-electron chi connectivity index (χ1n) is 8.97. The van der Waals surface area contributed by atoms with Crippen LogP contribution in [0.1, 0.15) is 52.7 Å². The number of hydrogen-bond donors (Lipinski definition) is 0. The maximum absolute atomic E-state index is 12.5. The van der Waals surface area contributed by atoms with Gasteiger partial charge in [0.2, 0.25) is 0 Å². The Hall–Kier alpha value is -1.38. The number of carbonyl (C=O) groups excluding carboxylic acids is 1. The topological polar surface area (TPSA) is 88.4 Å². The van der Waals surface area contributed by atoms with Crippen molar-refractivity contribution >= 4 is 38.3 Å². The second-order valence-electron chi connectivity index (χ2n) is 9.06. The minimum atomic E-state index is -5.17. The van der Waals surface area contributed by atoms with Crippen molar-refractivity contribution in [2.24, 2.45) is 0 Å². The summed E-state index contributed by atoms with van der Waals surface area (Å²) >= 11 is 0. The second kappa shape index (κ2) is 7.71. The van der Waals surface area contributed by atoms with Crippen LogP contribution in [-0.2, 0) is 25.4 Å². The summed E-state index contributed by atoms with van der Waals surface area (Å²) in [6.45, 7) is 12.5. The van der Waals surface area contributed by atoms with Crippen LogP contribution in [0.5, 0.6) is 0 Å². The summed E-state index contributed by atoms with van der Waals surface area (Å²) in [4.78, 5) is 12.5. The summed E-state index contributed by atoms with van der Waals surface area (Å²) < 4.78 is 38.2. The van der Waals surface area contributed by atoms with Crippen LogP contribution in [0.3, 0.4) is 0 Å². The third-order valence-corrected chi connectivity index (χ3v) is 5.20. The van der Waals surface area contributed by atoms with Crippen molar-refractivity contribution < 1.29 is 51.5 Å². The Bertz CT molecular complexity index is 1130. The van der Waals surface area contributed by atoms with Gasteiger partial charge in [-0.3, -0.25) is 0 Å². The molecule has 0 N–H and O–H groups in total. The van der Waals surface area contributed by atoms with Crippen molar-refractivity contribution in [1.29, 1.82) is 0 Å². The van der Waals surface area contributed by atoms with Crippen molar-refractivity contribution in [3.05, 3.63) is 47.5 Å². The predicted octanol–water partition coefficient (Wildman–Crippen LogP) is 1.84. The zero-order chi connectivity index (χ0) is 21.1. The molecular formula is C21H24NNaO5S. The van der Waals surface area contributed by atoms with Gasteiger partial charge in [0, 0.05) is 10.8 Å². The minimum absolute atomic E-state index is 0. The van der Waals surface area contributed by atoms with Crippen LogP contribution >= 0.6 is 0 Å². The van der Waals surface area contributed by atoms with E-state index in [4.69, 9.17) is 0 Å². The van der Waals surface area contributed by atoms with Gasteiger partial charge in [0.05, 0.1) is 11.0 Å². The molecule has 1 aromatic heterocycles. The molecule has 6 nitrogen and oxygen atoms in total. The molecule has 0 saturated heterocycles. The molecule has 29 heavy (non-hydrogen) atoms. The number of benzene rings is 2. The van der Waals surface area contributed by atoms with Crippen molar-refractivity contribution in [1.82, 2.24) is 4.57 Å². The third-order valence-electron chi connectivity index (χ3n) is 4.85. The van der Waals surface area contributed by atoms with Crippen LogP contribution in [0.4, 0.5) is 4.79 Å².